The van der Waals surface area contributed by atoms with E-state index in [0.29, 0.717) is 28.8 Å². The molecule has 0 aliphatic heterocycles. The van der Waals surface area contributed by atoms with Gasteiger partial charge in [0.15, 0.2) is 0 Å². The summed E-state index contributed by atoms with van der Waals surface area (Å²) in [4.78, 5) is 11.7. The van der Waals surface area contributed by atoms with E-state index in [1.807, 2.05) is 13.8 Å². The van der Waals surface area contributed by atoms with Gasteiger partial charge in [-0.25, -0.2) is 4.79 Å². The maximum atomic E-state index is 13.5. The van der Waals surface area contributed by atoms with Crippen LogP contribution in [0.15, 0.2) is 42.6 Å². The number of hydrogen-bond acceptors (Lipinski definition) is 4. The van der Waals surface area contributed by atoms with Crippen molar-refractivity contribution in [3.8, 4) is 5.75 Å². The second-order valence-electron chi connectivity index (χ2n) is 7.09. The lowest BCUT2D eigenvalue weighted by Gasteiger charge is -2.16. The average Bonchev–Trinajstić information content (AvgIpc) is 3.07. The van der Waals surface area contributed by atoms with Gasteiger partial charge in [0.2, 0.25) is 0 Å². The van der Waals surface area contributed by atoms with Gasteiger partial charge < -0.3 is 9.47 Å². The van der Waals surface area contributed by atoms with Gasteiger partial charge in [-0.2, -0.15) is 18.3 Å². The molecule has 1 heterocycles. The number of ether oxygens (including phenoxy) is 2. The van der Waals surface area contributed by atoms with Crippen LogP contribution in [0.1, 0.15) is 35.3 Å². The van der Waals surface area contributed by atoms with Crippen molar-refractivity contribution in [1.29, 1.82) is 0 Å². The Morgan fingerprint density at radius 1 is 1.17 bits per heavy atom. The Hall–Kier alpha value is -3.03. The largest absolute Gasteiger partial charge is 0.493 e. The summed E-state index contributed by atoms with van der Waals surface area (Å²) in [6.45, 7) is 4.24. The third kappa shape index (κ3) is 4.70. The van der Waals surface area contributed by atoms with E-state index in [9.17, 15) is 18.0 Å². The number of fused-ring (bicyclic) bond motifs is 1. The number of aromatic nitrogens is 2. The lowest BCUT2D eigenvalue weighted by molar-refractivity contribution is -0.138. The second-order valence-corrected chi connectivity index (χ2v) is 7.09. The quantitative estimate of drug-likeness (QED) is 0.545. The first kappa shape index (κ1) is 20.7. The molecule has 0 spiro atoms. The highest BCUT2D eigenvalue weighted by atomic mass is 19.4. The molecule has 3 rings (SSSR count). The third-order valence-electron chi connectivity index (χ3n) is 4.35. The van der Waals surface area contributed by atoms with Crippen molar-refractivity contribution < 1.29 is 27.4 Å². The zero-order chi connectivity index (χ0) is 21.2. The Morgan fingerprint density at radius 2 is 1.93 bits per heavy atom. The normalized spacial score (nSPS) is 11.8. The number of carbonyl (C=O) groups is 1. The first-order valence-corrected chi connectivity index (χ1v) is 9.06. The summed E-state index contributed by atoms with van der Waals surface area (Å²) in [7, 11) is 1.28. The number of rotatable bonds is 6. The molecule has 0 atom stereocenters. The molecule has 5 nitrogen and oxygen atoms in total. The van der Waals surface area contributed by atoms with E-state index >= 15 is 0 Å². The van der Waals surface area contributed by atoms with Crippen LogP contribution in [0.25, 0.3) is 10.9 Å². The second kappa shape index (κ2) is 8.14. The van der Waals surface area contributed by atoms with E-state index in [0.717, 1.165) is 6.07 Å². The number of nitrogens with zero attached hydrogens (tertiary/aromatic N) is 2. The molecule has 29 heavy (non-hydrogen) atoms. The molecule has 0 bridgehead atoms. The van der Waals surface area contributed by atoms with Crippen LogP contribution < -0.4 is 4.74 Å². The molecule has 0 aliphatic carbocycles. The van der Waals surface area contributed by atoms with Crippen molar-refractivity contribution in [3.05, 3.63) is 59.3 Å². The molecule has 0 saturated carbocycles. The zero-order valence-corrected chi connectivity index (χ0v) is 16.3. The minimum Gasteiger partial charge on any atom is -0.493 e. The summed E-state index contributed by atoms with van der Waals surface area (Å²) in [5.74, 6) is 0.139. The lowest BCUT2D eigenvalue weighted by Crippen LogP contribution is -2.13. The number of esters is 1. The zero-order valence-electron chi connectivity index (χ0n) is 16.3. The van der Waals surface area contributed by atoms with Gasteiger partial charge in [0.1, 0.15) is 5.75 Å². The Bertz CT molecular complexity index is 1030. The molecule has 0 N–H and O–H groups in total. The molecule has 8 heteroatoms. The summed E-state index contributed by atoms with van der Waals surface area (Å²) in [6, 6.07) is 8.56. The molecule has 0 amide bonds. The Balaban J connectivity index is 1.97. The van der Waals surface area contributed by atoms with Crippen molar-refractivity contribution in [2.75, 3.05) is 13.7 Å². The number of hydrogen-bond donors (Lipinski definition) is 0. The van der Waals surface area contributed by atoms with Gasteiger partial charge in [-0.15, -0.1) is 0 Å². The van der Waals surface area contributed by atoms with Crippen LogP contribution in [0, 0.1) is 5.92 Å². The van der Waals surface area contributed by atoms with Crippen molar-refractivity contribution >= 4 is 16.9 Å². The molecular weight excluding hydrogens is 385 g/mol. The van der Waals surface area contributed by atoms with E-state index in [4.69, 9.17) is 4.74 Å². The number of carbonyl (C=O) groups excluding carboxylic acids is 1. The predicted molar refractivity (Wildman–Crippen MR) is 102 cm³/mol. The van der Waals surface area contributed by atoms with E-state index in [1.165, 1.54) is 30.1 Å². The monoisotopic (exact) mass is 406 g/mol. The molecule has 3 aromatic rings. The first-order chi connectivity index (χ1) is 13.7. The summed E-state index contributed by atoms with van der Waals surface area (Å²) < 4.78 is 52.2. The van der Waals surface area contributed by atoms with Gasteiger partial charge in [0.05, 0.1) is 43.1 Å². The highest BCUT2D eigenvalue weighted by Crippen LogP contribution is 2.34. The summed E-state index contributed by atoms with van der Waals surface area (Å²) in [5.41, 5.74) is 0.281. The maximum Gasteiger partial charge on any atom is 0.416 e. The highest BCUT2D eigenvalue weighted by molar-refractivity contribution is 5.94. The molecule has 0 radical (unpaired) electrons. The van der Waals surface area contributed by atoms with Crippen molar-refractivity contribution in [1.82, 2.24) is 9.78 Å². The molecule has 0 unspecified atom stereocenters. The van der Waals surface area contributed by atoms with Crippen LogP contribution in [0.5, 0.6) is 5.75 Å². The number of halogens is 3. The fourth-order valence-electron chi connectivity index (χ4n) is 2.95. The molecule has 154 valence electrons. The fourth-order valence-corrected chi connectivity index (χ4v) is 2.95. The Morgan fingerprint density at radius 3 is 2.59 bits per heavy atom. The van der Waals surface area contributed by atoms with Crippen molar-refractivity contribution in [2.45, 2.75) is 26.6 Å². The minimum atomic E-state index is -4.49. The fraction of sp³-hybridized carbons (Fsp3) is 0.333. The van der Waals surface area contributed by atoms with E-state index in [-0.39, 0.29) is 18.0 Å². The highest BCUT2D eigenvalue weighted by Gasteiger charge is 2.33. The minimum absolute atomic E-state index is 0.0563. The van der Waals surface area contributed by atoms with Crippen molar-refractivity contribution in [3.63, 3.8) is 0 Å². The van der Waals surface area contributed by atoms with Crippen LogP contribution in [-0.2, 0) is 17.5 Å². The number of alkyl halides is 3. The van der Waals surface area contributed by atoms with Gasteiger partial charge in [-0.1, -0.05) is 13.8 Å². The first-order valence-electron chi connectivity index (χ1n) is 9.06. The topological polar surface area (TPSA) is 53.3 Å². The number of benzene rings is 2. The van der Waals surface area contributed by atoms with Crippen LogP contribution in [0.2, 0.25) is 0 Å². The smallest absolute Gasteiger partial charge is 0.416 e. The van der Waals surface area contributed by atoms with Crippen LogP contribution in [0.3, 0.4) is 0 Å². The summed E-state index contributed by atoms with van der Waals surface area (Å²) >= 11 is 0. The van der Waals surface area contributed by atoms with Crippen LogP contribution in [-0.4, -0.2) is 29.5 Å². The lowest BCUT2D eigenvalue weighted by atomic mass is 10.1. The SMILES string of the molecule is COC(=O)c1ccc2c(cnn2Cc2cc(OCC(C)C)ccc2C(F)(F)F)c1. The molecule has 1 aromatic heterocycles. The van der Waals surface area contributed by atoms with Gasteiger partial charge in [0, 0.05) is 5.39 Å². The standard InChI is InChI=1S/C21H21F3N2O3/c1-13(2)12-29-17-5-6-18(21(22,23)24)16(9-17)11-26-19-7-4-14(20(27)28-3)8-15(19)10-25-26/h4-10,13H,11-12H2,1-3H3. The van der Waals surface area contributed by atoms with Crippen molar-refractivity contribution in [2.24, 2.45) is 5.92 Å². The molecule has 2 aromatic carbocycles. The van der Waals surface area contributed by atoms with Gasteiger partial charge >= 0.3 is 12.1 Å². The van der Waals surface area contributed by atoms with E-state index in [2.05, 4.69) is 9.84 Å². The van der Waals surface area contributed by atoms with Gasteiger partial charge in [0.25, 0.3) is 0 Å². The Kier molecular flexibility index (Phi) is 5.81. The Labute approximate surface area is 166 Å². The van der Waals surface area contributed by atoms with Gasteiger partial charge in [-0.3, -0.25) is 4.68 Å². The van der Waals surface area contributed by atoms with Crippen LogP contribution >= 0.6 is 0 Å². The van der Waals surface area contributed by atoms with Crippen LogP contribution in [0.4, 0.5) is 13.2 Å². The molecule has 0 fully saturated rings. The maximum absolute atomic E-state index is 13.5. The molecule has 0 saturated heterocycles. The van der Waals surface area contributed by atoms with Gasteiger partial charge in [-0.05, 0) is 47.9 Å². The van der Waals surface area contributed by atoms with E-state index in [1.54, 1.807) is 18.2 Å². The molecular formula is C21H21F3N2O3. The number of methoxy groups -OCH3 is 1. The molecule has 0 aliphatic rings. The van der Waals surface area contributed by atoms with E-state index < -0.39 is 17.7 Å². The summed E-state index contributed by atoms with van der Waals surface area (Å²) in [6.07, 6.45) is -2.99. The summed E-state index contributed by atoms with van der Waals surface area (Å²) in [5, 5.41) is 4.83. The average molecular weight is 406 g/mol. The predicted octanol–water partition coefficient (Wildman–Crippen LogP) is 4.92. The third-order valence-corrected chi connectivity index (χ3v) is 4.35.